The summed E-state index contributed by atoms with van der Waals surface area (Å²) in [6.45, 7) is 6.01. The summed E-state index contributed by atoms with van der Waals surface area (Å²) < 4.78 is 16.4. The third kappa shape index (κ3) is 4.61. The Kier molecular flexibility index (Phi) is 7.45. The van der Waals surface area contributed by atoms with Gasteiger partial charge in [-0.05, 0) is 59.5 Å². The Balaban J connectivity index is 1.78. The maximum atomic E-state index is 13.3. The van der Waals surface area contributed by atoms with E-state index < -0.39 is 6.10 Å². The average Bonchev–Trinajstić information content (AvgIpc) is 3.16. The van der Waals surface area contributed by atoms with Gasteiger partial charge in [0.05, 0.1) is 14.2 Å². The molecular weight excluding hydrogens is 454 g/mol. The summed E-state index contributed by atoms with van der Waals surface area (Å²) in [5, 5.41) is 3.05. The summed E-state index contributed by atoms with van der Waals surface area (Å²) >= 11 is 0. The van der Waals surface area contributed by atoms with Gasteiger partial charge in [-0.2, -0.15) is 0 Å². The van der Waals surface area contributed by atoms with Gasteiger partial charge in [0.2, 0.25) is 11.7 Å². The van der Waals surface area contributed by atoms with E-state index in [9.17, 15) is 9.59 Å². The van der Waals surface area contributed by atoms with Gasteiger partial charge in [-0.15, -0.1) is 0 Å². The molecule has 36 heavy (non-hydrogen) atoms. The first kappa shape index (κ1) is 25.5. The topological polar surface area (TPSA) is 73.9 Å². The number of methoxy groups -OCH3 is 3. The van der Waals surface area contributed by atoms with Crippen molar-refractivity contribution in [2.24, 2.45) is 11.8 Å². The number of Topliss-reactive ketones (excluding diaryl/α,β-unsaturated/α-hetero) is 1. The number of fused-ring (bicyclic) bond motifs is 1. The molecule has 4 atom stereocenters. The molecule has 2 aromatic rings. The quantitative estimate of drug-likeness (QED) is 0.556. The van der Waals surface area contributed by atoms with E-state index in [1.807, 2.05) is 62.4 Å². The number of anilines is 1. The number of nitrogens with one attached hydrogen (secondary N) is 1. The molecule has 4 rings (SSSR count). The molecule has 0 fully saturated rings. The number of benzene rings is 2. The molecule has 0 saturated heterocycles. The lowest BCUT2D eigenvalue weighted by Gasteiger charge is -2.28. The lowest BCUT2D eigenvalue weighted by Crippen LogP contribution is -2.36. The van der Waals surface area contributed by atoms with Crippen LogP contribution < -0.4 is 10.1 Å². The molecule has 0 radical (unpaired) electrons. The van der Waals surface area contributed by atoms with Gasteiger partial charge in [-0.1, -0.05) is 49.8 Å². The van der Waals surface area contributed by atoms with E-state index in [0.29, 0.717) is 0 Å². The van der Waals surface area contributed by atoms with Crippen LogP contribution in [0, 0.1) is 11.8 Å². The molecule has 0 aliphatic heterocycles. The standard InChI is InChI=1S/C30H33NO5/c1-17-20(15-26(35-5)28(32)29(17)36-6)14-24-18(2)27(25-16-22(34-4)12-13-23(24)25)19(3)30(33)31-21-10-8-7-9-11-21/h7-17,19,27,29H,1-6H3,(H,31,33)/b20-14+. The number of carbonyl (C=O) groups is 2. The van der Waals surface area contributed by atoms with Gasteiger partial charge in [0.25, 0.3) is 0 Å². The van der Waals surface area contributed by atoms with Gasteiger partial charge in [0.1, 0.15) is 11.9 Å². The fraction of sp³-hybridized carbons (Fsp3) is 0.333. The first-order valence-electron chi connectivity index (χ1n) is 12.1. The second-order valence-electron chi connectivity index (χ2n) is 9.34. The number of hydrogen-bond acceptors (Lipinski definition) is 5. The minimum atomic E-state index is -0.611. The van der Waals surface area contributed by atoms with E-state index in [1.165, 1.54) is 7.11 Å². The third-order valence-corrected chi connectivity index (χ3v) is 7.29. The number of ketones is 1. The molecule has 4 unspecified atom stereocenters. The van der Waals surface area contributed by atoms with Gasteiger partial charge < -0.3 is 19.5 Å². The zero-order chi connectivity index (χ0) is 26.0. The van der Waals surface area contributed by atoms with Gasteiger partial charge in [-0.25, -0.2) is 0 Å². The normalized spacial score (nSPS) is 23.3. The van der Waals surface area contributed by atoms with Crippen molar-refractivity contribution < 1.29 is 23.8 Å². The number of allylic oxidation sites excluding steroid dienone is 4. The van der Waals surface area contributed by atoms with Crippen molar-refractivity contribution in [2.45, 2.75) is 32.8 Å². The molecule has 6 heteroatoms. The Labute approximate surface area is 212 Å². The second-order valence-corrected chi connectivity index (χ2v) is 9.34. The largest absolute Gasteiger partial charge is 0.497 e. The minimum absolute atomic E-state index is 0.0501. The summed E-state index contributed by atoms with van der Waals surface area (Å²) in [6.07, 6.45) is 3.29. The van der Waals surface area contributed by atoms with Crippen LogP contribution in [0.5, 0.6) is 5.75 Å². The molecule has 0 aromatic heterocycles. The molecule has 2 aliphatic carbocycles. The van der Waals surface area contributed by atoms with E-state index in [2.05, 4.69) is 18.3 Å². The van der Waals surface area contributed by atoms with Crippen LogP contribution in [0.25, 0.3) is 5.57 Å². The summed E-state index contributed by atoms with van der Waals surface area (Å²) in [4.78, 5) is 26.0. The average molecular weight is 488 g/mol. The van der Waals surface area contributed by atoms with Crippen molar-refractivity contribution in [3.63, 3.8) is 0 Å². The smallest absolute Gasteiger partial charge is 0.228 e. The summed E-state index contributed by atoms with van der Waals surface area (Å²) in [5.41, 5.74) is 5.94. The van der Waals surface area contributed by atoms with Crippen molar-refractivity contribution in [3.05, 3.63) is 88.7 Å². The highest BCUT2D eigenvalue weighted by Crippen LogP contribution is 2.48. The molecule has 6 nitrogen and oxygen atoms in total. The molecule has 2 aromatic carbocycles. The van der Waals surface area contributed by atoms with Gasteiger partial charge in [-0.3, -0.25) is 9.59 Å². The molecule has 188 valence electrons. The van der Waals surface area contributed by atoms with E-state index in [4.69, 9.17) is 14.2 Å². The Morgan fingerprint density at radius 2 is 1.78 bits per heavy atom. The molecule has 0 bridgehead atoms. The second kappa shape index (κ2) is 10.5. The predicted octanol–water partition coefficient (Wildman–Crippen LogP) is 5.53. The summed E-state index contributed by atoms with van der Waals surface area (Å²) in [5.74, 6) is 0.214. The van der Waals surface area contributed by atoms with Crippen molar-refractivity contribution >= 4 is 23.0 Å². The minimum Gasteiger partial charge on any atom is -0.497 e. The fourth-order valence-corrected chi connectivity index (χ4v) is 5.25. The Morgan fingerprint density at radius 1 is 1.06 bits per heavy atom. The molecule has 0 spiro atoms. The van der Waals surface area contributed by atoms with Crippen molar-refractivity contribution in [1.29, 1.82) is 0 Å². The van der Waals surface area contributed by atoms with Crippen LogP contribution in [-0.4, -0.2) is 39.1 Å². The van der Waals surface area contributed by atoms with E-state index >= 15 is 0 Å². The summed E-state index contributed by atoms with van der Waals surface area (Å²) in [7, 11) is 4.68. The number of para-hydroxylation sites is 1. The van der Waals surface area contributed by atoms with Crippen molar-refractivity contribution in [2.75, 3.05) is 26.6 Å². The number of carbonyl (C=O) groups excluding carboxylic acids is 2. The van der Waals surface area contributed by atoms with Crippen LogP contribution in [0.2, 0.25) is 0 Å². The number of hydrogen-bond donors (Lipinski definition) is 1. The van der Waals surface area contributed by atoms with Gasteiger partial charge >= 0.3 is 0 Å². The predicted molar refractivity (Wildman–Crippen MR) is 141 cm³/mol. The van der Waals surface area contributed by atoms with E-state index in [-0.39, 0.29) is 35.2 Å². The van der Waals surface area contributed by atoms with E-state index in [0.717, 1.165) is 39.3 Å². The van der Waals surface area contributed by atoms with Crippen LogP contribution in [0.15, 0.2) is 77.6 Å². The molecule has 0 heterocycles. The van der Waals surface area contributed by atoms with Crippen molar-refractivity contribution in [1.82, 2.24) is 0 Å². The zero-order valence-electron chi connectivity index (χ0n) is 21.6. The maximum Gasteiger partial charge on any atom is 0.228 e. The Morgan fingerprint density at radius 3 is 2.42 bits per heavy atom. The highest BCUT2D eigenvalue weighted by atomic mass is 16.5. The number of amides is 1. The SMILES string of the molecule is COC1=C/C(=C\C2=C(C)C(C(C)C(=O)Nc3ccccc3)c3cc(OC)ccc32)C(C)C(OC)C1=O. The zero-order valence-corrected chi connectivity index (χ0v) is 21.6. The van der Waals surface area contributed by atoms with Crippen LogP contribution in [0.3, 0.4) is 0 Å². The maximum absolute atomic E-state index is 13.3. The lowest BCUT2D eigenvalue weighted by atomic mass is 9.83. The number of ether oxygens (including phenoxy) is 3. The van der Waals surface area contributed by atoms with Crippen molar-refractivity contribution in [3.8, 4) is 5.75 Å². The fourth-order valence-electron chi connectivity index (χ4n) is 5.25. The van der Waals surface area contributed by atoms with Crippen LogP contribution >= 0.6 is 0 Å². The third-order valence-electron chi connectivity index (χ3n) is 7.29. The number of rotatable bonds is 7. The molecule has 1 N–H and O–H groups in total. The monoisotopic (exact) mass is 487 g/mol. The van der Waals surface area contributed by atoms with Gasteiger partial charge in [0.15, 0.2) is 5.76 Å². The van der Waals surface area contributed by atoms with Crippen LogP contribution in [0.4, 0.5) is 5.69 Å². The highest BCUT2D eigenvalue weighted by Gasteiger charge is 2.38. The highest BCUT2D eigenvalue weighted by molar-refractivity contribution is 6.00. The Bertz CT molecular complexity index is 1260. The first-order valence-corrected chi connectivity index (χ1v) is 12.1. The van der Waals surface area contributed by atoms with Gasteiger partial charge in [0, 0.05) is 30.6 Å². The molecular formula is C30H33NO5. The van der Waals surface area contributed by atoms with Crippen LogP contribution in [-0.2, 0) is 19.1 Å². The molecule has 1 amide bonds. The summed E-state index contributed by atoms with van der Waals surface area (Å²) in [6, 6.07) is 15.5. The molecule has 0 saturated carbocycles. The molecule has 2 aliphatic rings. The van der Waals surface area contributed by atoms with Crippen LogP contribution in [0.1, 0.15) is 37.8 Å². The first-order chi connectivity index (χ1) is 17.3. The Hall–Kier alpha value is -3.64. The lowest BCUT2D eigenvalue weighted by molar-refractivity contribution is -0.130. The van der Waals surface area contributed by atoms with E-state index in [1.54, 1.807) is 20.3 Å².